The molecule has 0 aromatic carbocycles. The van der Waals surface area contributed by atoms with Gasteiger partial charge in [-0.25, -0.2) is 0 Å². The van der Waals surface area contributed by atoms with Crippen molar-refractivity contribution in [2.24, 2.45) is 4.99 Å². The third kappa shape index (κ3) is 2.46. The van der Waals surface area contributed by atoms with Gasteiger partial charge in [0.25, 0.3) is 0 Å². The molecule has 0 saturated heterocycles. The van der Waals surface area contributed by atoms with Crippen molar-refractivity contribution in [3.05, 3.63) is 52.7 Å². The highest BCUT2D eigenvalue weighted by Crippen LogP contribution is 2.46. The number of fused-ring (bicyclic) bond motifs is 3. The van der Waals surface area contributed by atoms with Gasteiger partial charge in [0, 0.05) is 18.0 Å². The fraction of sp³-hybridized carbons (Fsp3) is 0.375. The van der Waals surface area contributed by atoms with E-state index in [-0.39, 0.29) is 12.4 Å². The Kier molecular flexibility index (Phi) is 3.26. The number of nitrogens with zero attached hydrogens (tertiary/aromatic N) is 3. The number of allylic oxidation sites excluding steroid dienone is 2. The predicted octanol–water partition coefficient (Wildman–Crippen LogP) is 3.86. The molecule has 1 aromatic rings. The monoisotopic (exact) mass is 375 g/mol. The number of aliphatic hydroxyl groups excluding tert-OH is 1. The van der Waals surface area contributed by atoms with Crippen molar-refractivity contribution in [1.29, 1.82) is 0 Å². The minimum atomic E-state index is -4.63. The van der Waals surface area contributed by atoms with Crippen LogP contribution in [0.5, 0.6) is 0 Å². The van der Waals surface area contributed by atoms with Crippen molar-refractivity contribution in [2.75, 3.05) is 6.54 Å². The normalized spacial score (nSPS) is 25.0. The van der Waals surface area contributed by atoms with Crippen LogP contribution in [0.2, 0.25) is 0 Å². The molecule has 0 fully saturated rings. The van der Waals surface area contributed by atoms with Gasteiger partial charge >= 0.3 is 12.4 Å². The Hall–Kier alpha value is -2.52. The van der Waals surface area contributed by atoms with E-state index in [2.05, 4.69) is 9.98 Å². The van der Waals surface area contributed by atoms with Crippen LogP contribution in [-0.2, 0) is 18.1 Å². The molecule has 1 aromatic heterocycles. The molecule has 0 bridgehead atoms. The van der Waals surface area contributed by atoms with Crippen LogP contribution in [0.3, 0.4) is 0 Å². The van der Waals surface area contributed by atoms with Gasteiger partial charge in [0.1, 0.15) is 11.2 Å². The van der Waals surface area contributed by atoms with E-state index in [1.807, 2.05) is 0 Å². The zero-order valence-corrected chi connectivity index (χ0v) is 13.0. The summed E-state index contributed by atoms with van der Waals surface area (Å²) in [5, 5.41) is 9.94. The smallest absolute Gasteiger partial charge is 0.433 e. The van der Waals surface area contributed by atoms with Crippen molar-refractivity contribution >= 4 is 5.84 Å². The maximum absolute atomic E-state index is 12.9. The molecule has 10 heteroatoms. The quantitative estimate of drug-likeness (QED) is 0.701. The van der Waals surface area contributed by atoms with Gasteiger partial charge in [0.2, 0.25) is 0 Å². The predicted molar refractivity (Wildman–Crippen MR) is 78.2 cm³/mol. The van der Waals surface area contributed by atoms with Gasteiger partial charge in [-0.2, -0.15) is 26.3 Å². The first-order chi connectivity index (χ1) is 12.0. The topological polar surface area (TPSA) is 48.7 Å². The van der Waals surface area contributed by atoms with Crippen LogP contribution in [0.15, 0.2) is 40.9 Å². The number of halogens is 6. The molecule has 0 unspecified atom stereocenters. The fourth-order valence-corrected chi connectivity index (χ4v) is 3.58. The molecule has 26 heavy (non-hydrogen) atoms. The number of rotatable bonds is 0. The van der Waals surface area contributed by atoms with Gasteiger partial charge in [-0.15, -0.1) is 0 Å². The fourth-order valence-electron chi connectivity index (χ4n) is 3.58. The number of amidine groups is 1. The average Bonchev–Trinajstić information content (AvgIpc) is 3.07. The summed E-state index contributed by atoms with van der Waals surface area (Å²) in [6.45, 7) is -0.000141. The molecule has 3 aliphatic rings. The average molecular weight is 375 g/mol. The molecular weight excluding hydrogens is 364 g/mol. The van der Waals surface area contributed by atoms with Gasteiger partial charge in [0.15, 0.2) is 11.6 Å². The van der Waals surface area contributed by atoms with Gasteiger partial charge in [-0.1, -0.05) is 0 Å². The summed E-state index contributed by atoms with van der Waals surface area (Å²) in [6, 6.07) is 0.953. The van der Waals surface area contributed by atoms with E-state index in [4.69, 9.17) is 0 Å². The molecule has 1 spiro atoms. The summed E-state index contributed by atoms with van der Waals surface area (Å²) in [5.74, 6) is -0.643. The second kappa shape index (κ2) is 5.01. The SMILES string of the molecule is OC1=CC(C(F)(F)F)=CN2C[C@@]3(CCc4cc(C(F)(F)F)ncc43)N=C12. The van der Waals surface area contributed by atoms with Crippen LogP contribution in [0, 0.1) is 0 Å². The van der Waals surface area contributed by atoms with Crippen LogP contribution in [0.1, 0.15) is 23.2 Å². The zero-order valence-electron chi connectivity index (χ0n) is 13.0. The number of alkyl halides is 6. The largest absolute Gasteiger partial charge is 0.504 e. The molecule has 1 N–H and O–H groups in total. The summed E-state index contributed by atoms with van der Waals surface area (Å²) in [6.07, 6.45) is -6.05. The van der Waals surface area contributed by atoms with Crippen molar-refractivity contribution in [3.8, 4) is 0 Å². The van der Waals surface area contributed by atoms with E-state index >= 15 is 0 Å². The van der Waals surface area contributed by atoms with Crippen LogP contribution in [0.4, 0.5) is 26.3 Å². The van der Waals surface area contributed by atoms with Crippen LogP contribution in [-0.4, -0.2) is 33.5 Å². The lowest BCUT2D eigenvalue weighted by atomic mass is 9.94. The maximum Gasteiger partial charge on any atom is 0.433 e. The van der Waals surface area contributed by atoms with E-state index < -0.39 is 34.9 Å². The van der Waals surface area contributed by atoms with Crippen molar-refractivity contribution < 1.29 is 31.4 Å². The Balaban J connectivity index is 1.73. The van der Waals surface area contributed by atoms with Crippen LogP contribution >= 0.6 is 0 Å². The van der Waals surface area contributed by atoms with Gasteiger partial charge < -0.3 is 10.0 Å². The Morgan fingerprint density at radius 3 is 2.50 bits per heavy atom. The summed E-state index contributed by atoms with van der Waals surface area (Å²) in [7, 11) is 0. The first-order valence-electron chi connectivity index (χ1n) is 7.63. The van der Waals surface area contributed by atoms with Crippen molar-refractivity contribution in [3.63, 3.8) is 0 Å². The van der Waals surface area contributed by atoms with Gasteiger partial charge in [-0.05, 0) is 30.5 Å². The Morgan fingerprint density at radius 2 is 1.85 bits per heavy atom. The van der Waals surface area contributed by atoms with E-state index in [1.54, 1.807) is 0 Å². The first-order valence-corrected chi connectivity index (χ1v) is 7.63. The molecular formula is C16H11F6N3O. The van der Waals surface area contributed by atoms with Crippen molar-refractivity contribution in [1.82, 2.24) is 9.88 Å². The van der Waals surface area contributed by atoms with Gasteiger partial charge in [-0.3, -0.25) is 9.98 Å². The van der Waals surface area contributed by atoms with E-state index in [1.165, 1.54) is 4.90 Å². The van der Waals surface area contributed by atoms with Crippen molar-refractivity contribution in [2.45, 2.75) is 30.7 Å². The molecule has 0 amide bonds. The molecule has 0 radical (unpaired) electrons. The molecule has 2 aliphatic heterocycles. The van der Waals surface area contributed by atoms with E-state index in [0.717, 1.165) is 18.5 Å². The Morgan fingerprint density at radius 1 is 1.12 bits per heavy atom. The standard InChI is InChI=1S/C16H11F6N3O/c17-15(18,19)9-4-11(26)13-24-14(7-25(13)6-9)2-1-8-3-12(16(20,21)22)23-5-10(8)14/h3-6,26H,1-2,7H2/t14-/m1/s1. The number of aryl methyl sites for hydroxylation is 1. The maximum atomic E-state index is 12.9. The summed E-state index contributed by atoms with van der Waals surface area (Å²) < 4.78 is 77.2. The molecule has 4 nitrogen and oxygen atoms in total. The Labute approximate surface area is 143 Å². The van der Waals surface area contributed by atoms with Gasteiger partial charge in [0.05, 0.1) is 12.1 Å². The molecule has 0 saturated carbocycles. The summed E-state index contributed by atoms with van der Waals surface area (Å²) >= 11 is 0. The molecule has 3 heterocycles. The number of aliphatic imine (C=N–C) groups is 1. The second-order valence-corrected chi connectivity index (χ2v) is 6.43. The highest BCUT2D eigenvalue weighted by atomic mass is 19.4. The second-order valence-electron chi connectivity index (χ2n) is 6.43. The van der Waals surface area contributed by atoms with E-state index in [0.29, 0.717) is 30.0 Å². The molecule has 138 valence electrons. The minimum absolute atomic E-state index is 0.000141. The minimum Gasteiger partial charge on any atom is -0.504 e. The summed E-state index contributed by atoms with van der Waals surface area (Å²) in [5.41, 5.74) is -2.18. The number of pyridine rings is 1. The lowest BCUT2D eigenvalue weighted by Crippen LogP contribution is -2.33. The molecule has 1 aliphatic carbocycles. The number of aliphatic hydroxyl groups is 1. The lowest BCUT2D eigenvalue weighted by molar-refractivity contribution is -0.141. The Bertz CT molecular complexity index is 883. The first kappa shape index (κ1) is 16.9. The highest BCUT2D eigenvalue weighted by Gasteiger charge is 2.49. The molecule has 1 atom stereocenters. The number of aromatic nitrogens is 1. The summed E-state index contributed by atoms with van der Waals surface area (Å²) in [4.78, 5) is 8.99. The van der Waals surface area contributed by atoms with Crippen LogP contribution in [0.25, 0.3) is 0 Å². The molecule has 4 rings (SSSR count). The number of hydrogen-bond donors (Lipinski definition) is 1. The third-order valence-electron chi connectivity index (χ3n) is 4.76. The third-order valence-corrected chi connectivity index (χ3v) is 4.76. The highest BCUT2D eigenvalue weighted by molar-refractivity contribution is 6.00. The van der Waals surface area contributed by atoms with Crippen LogP contribution < -0.4 is 0 Å². The zero-order chi connectivity index (χ0) is 18.9. The number of hydrogen-bond acceptors (Lipinski definition) is 4. The van der Waals surface area contributed by atoms with E-state index in [9.17, 15) is 31.4 Å². The lowest BCUT2D eigenvalue weighted by Gasteiger charge is -2.25.